The topological polar surface area (TPSA) is 134 Å². The van der Waals surface area contributed by atoms with Crippen LogP contribution in [0.3, 0.4) is 0 Å². The molecule has 3 heterocycles. The average Bonchev–Trinajstić information content (AvgIpc) is 4.18. The highest BCUT2D eigenvalue weighted by Crippen LogP contribution is 2.45. The highest BCUT2D eigenvalue weighted by molar-refractivity contribution is 6.09. The number of carbonyl (C=O) groups is 3. The minimum Gasteiger partial charge on any atom is -0.497 e. The normalized spacial score (nSPS) is 14.7. The van der Waals surface area contributed by atoms with Crippen molar-refractivity contribution in [2.45, 2.75) is 188 Å². The molecule has 1 atom stereocenters. The predicted molar refractivity (Wildman–Crippen MR) is 276 cm³/mol. The van der Waals surface area contributed by atoms with E-state index in [9.17, 15) is 19.5 Å². The molecule has 68 heavy (non-hydrogen) atoms. The molecule has 5 rings (SSSR count). The Balaban J connectivity index is 1.04. The summed E-state index contributed by atoms with van der Waals surface area (Å²) >= 11 is 0. The lowest BCUT2D eigenvalue weighted by Gasteiger charge is -2.36. The van der Waals surface area contributed by atoms with Crippen LogP contribution in [0, 0.1) is 24.2 Å². The lowest BCUT2D eigenvalue weighted by Crippen LogP contribution is -2.41. The van der Waals surface area contributed by atoms with Crippen molar-refractivity contribution in [3.63, 3.8) is 0 Å². The van der Waals surface area contributed by atoms with Gasteiger partial charge in [-0.2, -0.15) is 0 Å². The number of hydrogen-bond donors (Lipinski definition) is 2. The first-order valence-corrected chi connectivity index (χ1v) is 26.7. The van der Waals surface area contributed by atoms with Gasteiger partial charge < -0.3 is 24.8 Å². The molecule has 0 radical (unpaired) electrons. The van der Waals surface area contributed by atoms with E-state index in [0.29, 0.717) is 48.7 Å². The molecule has 2 aromatic heterocycles. The molecular formula is C57H87N5O6. The number of nitrogens with zero attached hydrogens (tertiary/aromatic N) is 4. The number of piperidine rings is 1. The minimum absolute atomic E-state index is 0.00151. The van der Waals surface area contributed by atoms with Crippen LogP contribution in [0.4, 0.5) is 11.5 Å². The summed E-state index contributed by atoms with van der Waals surface area (Å²) in [5.74, 6) is 2.10. The van der Waals surface area contributed by atoms with E-state index in [-0.39, 0.29) is 29.6 Å². The van der Waals surface area contributed by atoms with E-state index in [1.165, 1.54) is 83.5 Å². The van der Waals surface area contributed by atoms with Gasteiger partial charge in [0.1, 0.15) is 11.6 Å². The number of hydrogen-bond acceptors (Lipinski definition) is 8. The van der Waals surface area contributed by atoms with Gasteiger partial charge in [-0.15, -0.1) is 0 Å². The van der Waals surface area contributed by atoms with Gasteiger partial charge in [0.15, 0.2) is 0 Å². The number of carboxylic acid groups (broad SMARTS) is 1. The number of rotatable bonds is 34. The van der Waals surface area contributed by atoms with Crippen molar-refractivity contribution < 1.29 is 29.0 Å². The molecule has 1 aromatic carbocycles. The van der Waals surface area contributed by atoms with Gasteiger partial charge in [-0.25, -0.2) is 9.97 Å². The van der Waals surface area contributed by atoms with Gasteiger partial charge in [0.2, 0.25) is 11.8 Å². The summed E-state index contributed by atoms with van der Waals surface area (Å²) < 4.78 is 11.9. The Morgan fingerprint density at radius 1 is 0.838 bits per heavy atom. The number of carboxylic acids is 1. The summed E-state index contributed by atoms with van der Waals surface area (Å²) in [6.07, 6.45) is 28.7. The molecule has 2 amide bonds. The SMILES string of the molecule is CCCCNC(=O)CCCCCCCCCCCCCCCCCC(C)(C)CN(C(=O)c1ccc(OC)cc1N1CCC(COc2cc([C@@H](CC(=O)O)C3CC3)ccn2)CC1)c1cccc(C)n1. The number of amides is 2. The van der Waals surface area contributed by atoms with Gasteiger partial charge in [-0.3, -0.25) is 19.3 Å². The Labute approximate surface area is 410 Å². The fourth-order valence-electron chi connectivity index (χ4n) is 9.87. The molecule has 1 saturated carbocycles. The fourth-order valence-corrected chi connectivity index (χ4v) is 9.87. The molecule has 11 nitrogen and oxygen atoms in total. The molecule has 2 aliphatic rings. The van der Waals surface area contributed by atoms with Crippen LogP contribution in [-0.2, 0) is 9.59 Å². The summed E-state index contributed by atoms with van der Waals surface area (Å²) in [5.41, 5.74) is 3.30. The third-order valence-electron chi connectivity index (χ3n) is 14.2. The number of benzene rings is 1. The third-order valence-corrected chi connectivity index (χ3v) is 14.2. The van der Waals surface area contributed by atoms with E-state index < -0.39 is 5.97 Å². The molecule has 1 aliphatic heterocycles. The Morgan fingerprint density at radius 3 is 2.09 bits per heavy atom. The molecule has 0 spiro atoms. The number of aryl methyl sites for hydroxylation is 1. The Morgan fingerprint density at radius 2 is 1.49 bits per heavy atom. The number of pyridine rings is 2. The van der Waals surface area contributed by atoms with E-state index in [2.05, 4.69) is 36.0 Å². The van der Waals surface area contributed by atoms with Gasteiger partial charge in [-0.1, -0.05) is 123 Å². The maximum atomic E-state index is 14.9. The number of aromatic nitrogens is 2. The van der Waals surface area contributed by atoms with Gasteiger partial charge in [0.05, 0.1) is 31.4 Å². The van der Waals surface area contributed by atoms with Gasteiger partial charge in [0, 0.05) is 56.6 Å². The summed E-state index contributed by atoms with van der Waals surface area (Å²) in [4.78, 5) is 51.9. The van der Waals surface area contributed by atoms with Crippen LogP contribution >= 0.6 is 0 Å². The van der Waals surface area contributed by atoms with Gasteiger partial charge >= 0.3 is 5.97 Å². The van der Waals surface area contributed by atoms with Crippen LogP contribution in [0.2, 0.25) is 0 Å². The van der Waals surface area contributed by atoms with Crippen LogP contribution in [0.1, 0.15) is 202 Å². The van der Waals surface area contributed by atoms with Crippen LogP contribution in [0.25, 0.3) is 0 Å². The van der Waals surface area contributed by atoms with Crippen LogP contribution in [0.5, 0.6) is 11.6 Å². The second-order valence-electron chi connectivity index (χ2n) is 20.8. The van der Waals surface area contributed by atoms with Crippen LogP contribution in [0.15, 0.2) is 54.7 Å². The van der Waals surface area contributed by atoms with Crippen molar-refractivity contribution >= 4 is 29.3 Å². The van der Waals surface area contributed by atoms with E-state index in [1.54, 1.807) is 13.3 Å². The Bertz CT molecular complexity index is 1960. The van der Waals surface area contributed by atoms with Gasteiger partial charge in [0.25, 0.3) is 5.91 Å². The number of methoxy groups -OCH3 is 1. The zero-order chi connectivity index (χ0) is 48.6. The van der Waals surface area contributed by atoms with Crippen LogP contribution in [-0.4, -0.2) is 72.8 Å². The van der Waals surface area contributed by atoms with Crippen molar-refractivity contribution in [3.05, 3.63) is 71.5 Å². The number of nitrogens with one attached hydrogen (secondary N) is 1. The maximum absolute atomic E-state index is 14.9. The van der Waals surface area contributed by atoms with Crippen molar-refractivity contribution in [3.8, 4) is 11.6 Å². The van der Waals surface area contributed by atoms with E-state index >= 15 is 0 Å². The first-order valence-electron chi connectivity index (χ1n) is 26.7. The minimum atomic E-state index is -0.770. The monoisotopic (exact) mass is 938 g/mol. The quantitative estimate of drug-likeness (QED) is 0.0561. The van der Waals surface area contributed by atoms with Crippen LogP contribution < -0.4 is 24.6 Å². The summed E-state index contributed by atoms with van der Waals surface area (Å²) in [7, 11) is 1.67. The molecule has 0 bridgehead atoms. The lowest BCUT2D eigenvalue weighted by atomic mass is 9.85. The summed E-state index contributed by atoms with van der Waals surface area (Å²) in [6, 6.07) is 15.6. The number of carbonyl (C=O) groups excluding carboxylic acids is 2. The van der Waals surface area contributed by atoms with Crippen molar-refractivity contribution in [2.24, 2.45) is 17.3 Å². The lowest BCUT2D eigenvalue weighted by molar-refractivity contribution is -0.137. The molecule has 3 aromatic rings. The number of ether oxygens (including phenoxy) is 2. The number of unbranched alkanes of at least 4 members (excludes halogenated alkanes) is 15. The highest BCUT2D eigenvalue weighted by atomic mass is 16.5. The first kappa shape index (κ1) is 54.3. The van der Waals surface area contributed by atoms with E-state index in [1.807, 2.05) is 60.4 Å². The maximum Gasteiger partial charge on any atom is 0.303 e. The second-order valence-corrected chi connectivity index (χ2v) is 20.8. The molecule has 2 N–H and O–H groups in total. The fraction of sp³-hybridized carbons (Fsp3) is 0.667. The molecule has 1 aliphatic carbocycles. The zero-order valence-corrected chi connectivity index (χ0v) is 42.7. The molecule has 1 saturated heterocycles. The van der Waals surface area contributed by atoms with E-state index in [0.717, 1.165) is 100 Å². The summed E-state index contributed by atoms with van der Waals surface area (Å²) in [5, 5.41) is 12.5. The largest absolute Gasteiger partial charge is 0.497 e. The standard InChI is InChI=1S/C57H87N5O6/c1-6-7-35-58-53(63)26-21-19-17-15-13-11-9-8-10-12-14-16-18-20-22-34-57(3,4)43-62(52-25-23-24-44(2)60-52)56(66)49-30-29-48(67-5)40-51(49)61-37-32-45(33-38-61)42-68-54-39-47(31-36-59-54)50(41-55(64)65)46-27-28-46/h23-25,29-31,36,39-40,45-46,50H,6-22,26-28,32-35,37-38,41-43H2,1-5H3,(H,58,63)(H,64,65)/t50-/m0/s1. The van der Waals surface area contributed by atoms with Crippen molar-refractivity contribution in [1.82, 2.24) is 15.3 Å². The molecule has 2 fully saturated rings. The Hall–Kier alpha value is -4.67. The van der Waals surface area contributed by atoms with Crippen molar-refractivity contribution in [1.29, 1.82) is 0 Å². The average molecular weight is 938 g/mol. The molecule has 376 valence electrons. The highest BCUT2D eigenvalue weighted by Gasteiger charge is 2.34. The Kier molecular flexibility index (Phi) is 23.4. The van der Waals surface area contributed by atoms with E-state index in [4.69, 9.17) is 14.5 Å². The van der Waals surface area contributed by atoms with Crippen molar-refractivity contribution in [2.75, 3.05) is 49.7 Å². The molecule has 0 unspecified atom stereocenters. The summed E-state index contributed by atoms with van der Waals surface area (Å²) in [6.45, 7) is 12.2. The molecule has 11 heteroatoms. The first-order chi connectivity index (χ1) is 33.0. The number of anilines is 2. The zero-order valence-electron chi connectivity index (χ0n) is 42.7. The molecular weight excluding hydrogens is 851 g/mol. The third kappa shape index (κ3) is 19.4. The number of aliphatic carboxylic acids is 1. The predicted octanol–water partition coefficient (Wildman–Crippen LogP) is 13.3. The smallest absolute Gasteiger partial charge is 0.303 e. The second kappa shape index (κ2) is 29.4. The van der Waals surface area contributed by atoms with Gasteiger partial charge in [-0.05, 0) is 111 Å².